The molecule has 8 nitrogen and oxygen atoms in total. The molecule has 0 aliphatic heterocycles. The van der Waals surface area contributed by atoms with Crippen LogP contribution in [0.3, 0.4) is 0 Å². The minimum absolute atomic E-state index is 0.200. The zero-order valence-corrected chi connectivity index (χ0v) is 22.8. The molecule has 2 rings (SSSR count). The van der Waals surface area contributed by atoms with E-state index in [9.17, 15) is 18.0 Å². The summed E-state index contributed by atoms with van der Waals surface area (Å²) in [5, 5.41) is 2.93. The highest BCUT2D eigenvalue weighted by molar-refractivity contribution is 7.92. The Labute approximate surface area is 215 Å². The summed E-state index contributed by atoms with van der Waals surface area (Å²) in [5.74, 6) is -0.0769. The van der Waals surface area contributed by atoms with Crippen molar-refractivity contribution in [1.82, 2.24) is 10.2 Å². The molecule has 36 heavy (non-hydrogen) atoms. The van der Waals surface area contributed by atoms with Crippen LogP contribution in [-0.4, -0.2) is 57.1 Å². The van der Waals surface area contributed by atoms with E-state index in [-0.39, 0.29) is 12.5 Å². The minimum Gasteiger partial charge on any atom is -0.494 e. The van der Waals surface area contributed by atoms with Crippen LogP contribution < -0.4 is 14.4 Å². The summed E-state index contributed by atoms with van der Waals surface area (Å²) < 4.78 is 31.9. The number of sulfonamides is 1. The maximum absolute atomic E-state index is 13.7. The Kier molecular flexibility index (Phi) is 11.2. The Bertz CT molecular complexity index is 1100. The number of carbonyl (C=O) groups is 2. The van der Waals surface area contributed by atoms with Crippen molar-refractivity contribution in [3.8, 4) is 5.75 Å². The van der Waals surface area contributed by atoms with Gasteiger partial charge in [-0.1, -0.05) is 44.5 Å². The van der Waals surface area contributed by atoms with Crippen LogP contribution in [0.2, 0.25) is 0 Å². The smallest absolute Gasteiger partial charge is 0.244 e. The highest BCUT2D eigenvalue weighted by Crippen LogP contribution is 2.23. The Hall–Kier alpha value is -3.07. The zero-order chi connectivity index (χ0) is 26.7. The average molecular weight is 518 g/mol. The number of hydrogen-bond donors (Lipinski definition) is 1. The number of anilines is 1. The minimum atomic E-state index is -3.78. The highest BCUT2D eigenvalue weighted by Gasteiger charge is 2.31. The van der Waals surface area contributed by atoms with E-state index in [1.54, 1.807) is 24.3 Å². The van der Waals surface area contributed by atoms with E-state index in [0.717, 1.165) is 34.5 Å². The van der Waals surface area contributed by atoms with Gasteiger partial charge >= 0.3 is 0 Å². The molecule has 2 amide bonds. The summed E-state index contributed by atoms with van der Waals surface area (Å²) >= 11 is 0. The second kappa shape index (κ2) is 13.9. The molecule has 2 aromatic rings. The highest BCUT2D eigenvalue weighted by atomic mass is 32.2. The molecule has 1 N–H and O–H groups in total. The van der Waals surface area contributed by atoms with E-state index in [0.29, 0.717) is 31.0 Å². The van der Waals surface area contributed by atoms with Gasteiger partial charge < -0.3 is 15.0 Å². The van der Waals surface area contributed by atoms with Crippen molar-refractivity contribution in [3.63, 3.8) is 0 Å². The molecule has 1 atom stereocenters. The van der Waals surface area contributed by atoms with Crippen molar-refractivity contribution in [2.24, 2.45) is 0 Å². The number of hydrogen-bond acceptors (Lipinski definition) is 5. The molecule has 0 heterocycles. The summed E-state index contributed by atoms with van der Waals surface area (Å²) in [7, 11) is -3.78. The molecule has 0 aliphatic rings. The molecule has 0 aromatic heterocycles. The van der Waals surface area contributed by atoms with Crippen molar-refractivity contribution in [2.75, 3.05) is 30.3 Å². The molecule has 0 fully saturated rings. The molecule has 1 unspecified atom stereocenters. The number of benzene rings is 2. The summed E-state index contributed by atoms with van der Waals surface area (Å²) in [4.78, 5) is 28.3. The second-order valence-corrected chi connectivity index (χ2v) is 10.6. The molecular weight excluding hydrogens is 478 g/mol. The monoisotopic (exact) mass is 517 g/mol. The van der Waals surface area contributed by atoms with Gasteiger partial charge in [0.25, 0.3) is 0 Å². The van der Waals surface area contributed by atoms with Crippen molar-refractivity contribution < 1.29 is 22.7 Å². The number of aryl methyl sites for hydroxylation is 1. The standard InChI is InChI=1S/C27H39N3O5S/c1-6-9-18-28-27(32)25(7-2)29(19-22-13-11-10-12-21(22)4)26(31)20-30(36(5,33)34)23-14-16-24(17-15-23)35-8-3/h10-17,25H,6-9,18-20H2,1-5H3,(H,28,32). The number of nitrogens with zero attached hydrogens (tertiary/aromatic N) is 2. The van der Waals surface area contributed by atoms with Gasteiger partial charge in [-0.2, -0.15) is 0 Å². The largest absolute Gasteiger partial charge is 0.494 e. The number of rotatable bonds is 14. The second-order valence-electron chi connectivity index (χ2n) is 8.71. The van der Waals surface area contributed by atoms with Crippen LogP contribution in [-0.2, 0) is 26.2 Å². The number of carbonyl (C=O) groups excluding carboxylic acids is 2. The van der Waals surface area contributed by atoms with Gasteiger partial charge in [0.2, 0.25) is 21.8 Å². The van der Waals surface area contributed by atoms with Gasteiger partial charge in [-0.05, 0) is 62.1 Å². The van der Waals surface area contributed by atoms with Crippen LogP contribution in [0.4, 0.5) is 5.69 Å². The topological polar surface area (TPSA) is 96.0 Å². The van der Waals surface area contributed by atoms with Crippen molar-refractivity contribution in [2.45, 2.75) is 59.5 Å². The number of amides is 2. The molecule has 0 bridgehead atoms. The third kappa shape index (κ3) is 8.26. The molecule has 0 aliphatic carbocycles. The SMILES string of the molecule is CCCCNC(=O)C(CC)N(Cc1ccccc1C)C(=O)CN(c1ccc(OCC)cc1)S(C)(=O)=O. The quantitative estimate of drug-likeness (QED) is 0.384. The van der Waals surface area contributed by atoms with Crippen LogP contribution in [0.15, 0.2) is 48.5 Å². The average Bonchev–Trinajstić information content (AvgIpc) is 2.83. The molecule has 198 valence electrons. The first-order valence-corrected chi connectivity index (χ1v) is 14.3. The predicted molar refractivity (Wildman–Crippen MR) is 144 cm³/mol. The first-order chi connectivity index (χ1) is 17.1. The number of unbranched alkanes of at least 4 members (excludes halogenated alkanes) is 1. The van der Waals surface area contributed by atoms with Gasteiger partial charge in [0.15, 0.2) is 0 Å². The fourth-order valence-corrected chi connectivity index (χ4v) is 4.74. The fraction of sp³-hybridized carbons (Fsp3) is 0.481. The molecular formula is C27H39N3O5S. The van der Waals surface area contributed by atoms with Crippen molar-refractivity contribution in [1.29, 1.82) is 0 Å². The Morgan fingerprint density at radius 3 is 2.25 bits per heavy atom. The van der Waals surface area contributed by atoms with E-state index >= 15 is 0 Å². The van der Waals surface area contributed by atoms with Crippen LogP contribution in [0.5, 0.6) is 5.75 Å². The molecule has 0 saturated heterocycles. The van der Waals surface area contributed by atoms with E-state index in [1.807, 2.05) is 52.0 Å². The van der Waals surface area contributed by atoms with Crippen molar-refractivity contribution in [3.05, 3.63) is 59.7 Å². The van der Waals surface area contributed by atoms with E-state index in [2.05, 4.69) is 5.32 Å². The maximum Gasteiger partial charge on any atom is 0.244 e. The lowest BCUT2D eigenvalue weighted by Crippen LogP contribution is -2.52. The summed E-state index contributed by atoms with van der Waals surface area (Å²) in [6.45, 7) is 8.49. The normalized spacial score (nSPS) is 12.0. The van der Waals surface area contributed by atoms with Gasteiger partial charge in [0.05, 0.1) is 18.6 Å². The molecule has 0 saturated carbocycles. The lowest BCUT2D eigenvalue weighted by atomic mass is 10.1. The Morgan fingerprint density at radius 1 is 1.03 bits per heavy atom. The predicted octanol–water partition coefficient (Wildman–Crippen LogP) is 3.88. The van der Waals surface area contributed by atoms with Crippen molar-refractivity contribution >= 4 is 27.5 Å². The van der Waals surface area contributed by atoms with Crippen LogP contribution in [0.25, 0.3) is 0 Å². The maximum atomic E-state index is 13.7. The lowest BCUT2D eigenvalue weighted by Gasteiger charge is -2.33. The van der Waals surface area contributed by atoms with E-state index in [4.69, 9.17) is 4.74 Å². The third-order valence-corrected chi connectivity index (χ3v) is 7.07. The Morgan fingerprint density at radius 2 is 1.69 bits per heavy atom. The van der Waals surface area contributed by atoms with Crippen LogP contribution >= 0.6 is 0 Å². The summed E-state index contributed by atoms with van der Waals surface area (Å²) in [5.41, 5.74) is 2.24. The first kappa shape index (κ1) is 29.2. The van der Waals surface area contributed by atoms with E-state index < -0.39 is 28.5 Å². The molecule has 0 radical (unpaired) electrons. The summed E-state index contributed by atoms with van der Waals surface area (Å²) in [6, 6.07) is 13.5. The Balaban J connectivity index is 2.39. The molecule has 0 spiro atoms. The zero-order valence-electron chi connectivity index (χ0n) is 22.0. The van der Waals surface area contributed by atoms with Gasteiger partial charge in [0, 0.05) is 13.1 Å². The first-order valence-electron chi connectivity index (χ1n) is 12.4. The lowest BCUT2D eigenvalue weighted by molar-refractivity contribution is -0.140. The third-order valence-electron chi connectivity index (χ3n) is 5.93. The molecule has 2 aromatic carbocycles. The fourth-order valence-electron chi connectivity index (χ4n) is 3.89. The van der Waals surface area contributed by atoms with Gasteiger partial charge in [0.1, 0.15) is 18.3 Å². The van der Waals surface area contributed by atoms with Gasteiger partial charge in [-0.15, -0.1) is 0 Å². The van der Waals surface area contributed by atoms with Crippen LogP contribution in [0.1, 0.15) is 51.2 Å². The number of nitrogens with one attached hydrogen (secondary N) is 1. The molecule has 9 heteroatoms. The van der Waals surface area contributed by atoms with Gasteiger partial charge in [-0.3, -0.25) is 13.9 Å². The van der Waals surface area contributed by atoms with Crippen LogP contribution in [0, 0.1) is 6.92 Å². The van der Waals surface area contributed by atoms with E-state index in [1.165, 1.54) is 4.90 Å². The number of ether oxygens (including phenoxy) is 1. The van der Waals surface area contributed by atoms with Gasteiger partial charge in [-0.25, -0.2) is 8.42 Å². The summed E-state index contributed by atoms with van der Waals surface area (Å²) in [6.07, 6.45) is 3.25.